The number of hydrogen-bond acceptors (Lipinski definition) is 4. The Kier molecular flexibility index (Phi) is 9.43. The molecule has 1 aromatic heterocycles. The summed E-state index contributed by atoms with van der Waals surface area (Å²) in [7, 11) is 1.61. The number of benzene rings is 2. The van der Waals surface area contributed by atoms with Gasteiger partial charge in [0.05, 0.1) is 30.1 Å². The Bertz CT molecular complexity index is 1170. The van der Waals surface area contributed by atoms with Gasteiger partial charge < -0.3 is 15.0 Å². The molecule has 0 spiro atoms. The highest BCUT2D eigenvalue weighted by atomic mass is 16.5. The van der Waals surface area contributed by atoms with Crippen LogP contribution >= 0.6 is 0 Å². The predicted molar refractivity (Wildman–Crippen MR) is 142 cm³/mol. The fourth-order valence-electron chi connectivity index (χ4n) is 4.25. The van der Waals surface area contributed by atoms with E-state index in [-0.39, 0.29) is 17.6 Å². The molecule has 7 heteroatoms. The molecule has 0 aliphatic heterocycles. The number of hydrogen-bond donors (Lipinski definition) is 1. The number of para-hydroxylation sites is 1. The molecule has 0 fully saturated rings. The van der Waals surface area contributed by atoms with Crippen LogP contribution in [0.15, 0.2) is 53.3 Å². The maximum absolute atomic E-state index is 13.6. The summed E-state index contributed by atoms with van der Waals surface area (Å²) < 4.78 is 6.95. The van der Waals surface area contributed by atoms with Crippen molar-refractivity contribution in [2.75, 3.05) is 25.6 Å². The Balaban J connectivity index is 2.02. The minimum atomic E-state index is -0.356. The first-order valence-electron chi connectivity index (χ1n) is 12.6. The van der Waals surface area contributed by atoms with Crippen molar-refractivity contribution in [2.24, 2.45) is 0 Å². The summed E-state index contributed by atoms with van der Waals surface area (Å²) in [6.07, 6.45) is 2.43. The van der Waals surface area contributed by atoms with E-state index < -0.39 is 0 Å². The fraction of sp³-hybridized carbons (Fsp3) is 0.464. The number of aromatic nitrogens is 2. The average molecular weight is 479 g/mol. The third kappa shape index (κ3) is 6.28. The van der Waals surface area contributed by atoms with Crippen LogP contribution in [0.2, 0.25) is 0 Å². The van der Waals surface area contributed by atoms with Crippen molar-refractivity contribution in [1.29, 1.82) is 0 Å². The third-order valence-electron chi connectivity index (χ3n) is 6.31. The molecule has 35 heavy (non-hydrogen) atoms. The summed E-state index contributed by atoms with van der Waals surface area (Å²) >= 11 is 0. The minimum Gasteiger partial charge on any atom is -0.383 e. The maximum Gasteiger partial charge on any atom is 0.322 e. The van der Waals surface area contributed by atoms with E-state index in [1.807, 2.05) is 54.3 Å². The first-order valence-corrected chi connectivity index (χ1v) is 12.6. The number of nitrogens with one attached hydrogen (secondary N) is 1. The number of carbonyl (C=O) groups excluding carboxylic acids is 1. The first-order chi connectivity index (χ1) is 16.9. The molecule has 0 saturated carbocycles. The largest absolute Gasteiger partial charge is 0.383 e. The highest BCUT2D eigenvalue weighted by molar-refractivity contribution is 5.89. The molecular formula is C28H38N4O3. The summed E-state index contributed by atoms with van der Waals surface area (Å²) in [4.78, 5) is 33.7. The molecule has 1 heterocycles. The Labute approximate surface area is 208 Å². The minimum absolute atomic E-state index is 0.110. The highest BCUT2D eigenvalue weighted by Crippen LogP contribution is 2.26. The fourth-order valence-corrected chi connectivity index (χ4v) is 4.25. The van der Waals surface area contributed by atoms with Gasteiger partial charge in [0.15, 0.2) is 0 Å². The van der Waals surface area contributed by atoms with Gasteiger partial charge in [-0.3, -0.25) is 9.36 Å². The van der Waals surface area contributed by atoms with Crippen LogP contribution < -0.4 is 10.9 Å². The summed E-state index contributed by atoms with van der Waals surface area (Å²) in [5, 5.41) is 3.63. The topological polar surface area (TPSA) is 76.5 Å². The number of amides is 2. The van der Waals surface area contributed by atoms with Crippen molar-refractivity contribution in [1.82, 2.24) is 14.5 Å². The zero-order valence-electron chi connectivity index (χ0n) is 21.6. The number of anilines is 1. The monoisotopic (exact) mass is 478 g/mol. The smallest absolute Gasteiger partial charge is 0.322 e. The summed E-state index contributed by atoms with van der Waals surface area (Å²) in [5.41, 5.74) is 2.50. The SMILES string of the molecule is CCCCN(C(=O)Nc1ccc(C(C)C)cc1)C(CC)c1nc2ccccc2c(=O)n1CCOC. The van der Waals surface area contributed by atoms with Gasteiger partial charge >= 0.3 is 6.03 Å². The second-order valence-corrected chi connectivity index (χ2v) is 9.11. The Morgan fingerprint density at radius 1 is 1.11 bits per heavy atom. The normalized spacial score (nSPS) is 12.2. The lowest BCUT2D eigenvalue weighted by Crippen LogP contribution is -2.42. The van der Waals surface area contributed by atoms with Crippen molar-refractivity contribution in [3.8, 4) is 0 Å². The van der Waals surface area contributed by atoms with Crippen molar-refractivity contribution in [2.45, 2.75) is 65.5 Å². The number of carbonyl (C=O) groups is 1. The number of ether oxygens (including phenoxy) is 1. The van der Waals surface area contributed by atoms with Crippen LogP contribution in [0.3, 0.4) is 0 Å². The lowest BCUT2D eigenvalue weighted by atomic mass is 10.0. The van der Waals surface area contributed by atoms with E-state index in [0.29, 0.717) is 48.8 Å². The zero-order chi connectivity index (χ0) is 25.4. The van der Waals surface area contributed by atoms with E-state index in [9.17, 15) is 9.59 Å². The van der Waals surface area contributed by atoms with E-state index in [1.54, 1.807) is 17.7 Å². The molecule has 0 aliphatic rings. The van der Waals surface area contributed by atoms with Gasteiger partial charge in [-0.2, -0.15) is 0 Å². The van der Waals surface area contributed by atoms with Gasteiger partial charge in [-0.05, 0) is 48.6 Å². The van der Waals surface area contributed by atoms with E-state index in [1.165, 1.54) is 5.56 Å². The van der Waals surface area contributed by atoms with E-state index in [4.69, 9.17) is 9.72 Å². The quantitative estimate of drug-likeness (QED) is 0.369. The summed E-state index contributed by atoms with van der Waals surface area (Å²) in [6.45, 7) is 9.74. The second kappa shape index (κ2) is 12.5. The molecule has 0 aliphatic carbocycles. The first kappa shape index (κ1) is 26.4. The number of fused-ring (bicyclic) bond motifs is 1. The maximum atomic E-state index is 13.6. The van der Waals surface area contributed by atoms with Crippen LogP contribution in [0.5, 0.6) is 0 Å². The average Bonchev–Trinajstić information content (AvgIpc) is 2.86. The third-order valence-corrected chi connectivity index (χ3v) is 6.31. The van der Waals surface area contributed by atoms with Crippen molar-refractivity contribution in [3.63, 3.8) is 0 Å². The zero-order valence-corrected chi connectivity index (χ0v) is 21.6. The molecule has 1 unspecified atom stereocenters. The van der Waals surface area contributed by atoms with Crippen LogP contribution in [0.1, 0.15) is 70.3 Å². The van der Waals surface area contributed by atoms with Crippen LogP contribution in [0.4, 0.5) is 10.5 Å². The molecule has 1 N–H and O–H groups in total. The lowest BCUT2D eigenvalue weighted by molar-refractivity contribution is 0.168. The van der Waals surface area contributed by atoms with Gasteiger partial charge in [-0.15, -0.1) is 0 Å². The lowest BCUT2D eigenvalue weighted by Gasteiger charge is -2.32. The van der Waals surface area contributed by atoms with Gasteiger partial charge in [-0.25, -0.2) is 9.78 Å². The van der Waals surface area contributed by atoms with Gasteiger partial charge in [0.1, 0.15) is 5.82 Å². The molecule has 1 atom stereocenters. The summed E-state index contributed by atoms with van der Waals surface area (Å²) in [5.74, 6) is 1.02. The molecule has 2 amide bonds. The van der Waals surface area contributed by atoms with Crippen LogP contribution in [0, 0.1) is 0 Å². The van der Waals surface area contributed by atoms with Crippen molar-refractivity contribution >= 4 is 22.6 Å². The van der Waals surface area contributed by atoms with Crippen LogP contribution in [-0.2, 0) is 11.3 Å². The number of urea groups is 1. The number of methoxy groups -OCH3 is 1. The van der Waals surface area contributed by atoms with Gasteiger partial charge in [0, 0.05) is 19.3 Å². The van der Waals surface area contributed by atoms with Crippen LogP contribution in [0.25, 0.3) is 10.9 Å². The summed E-state index contributed by atoms with van der Waals surface area (Å²) in [6, 6.07) is 14.8. The number of rotatable bonds is 11. The van der Waals surface area contributed by atoms with Gasteiger partial charge in [0.2, 0.25) is 0 Å². The van der Waals surface area contributed by atoms with Gasteiger partial charge in [-0.1, -0.05) is 58.4 Å². The molecule has 0 saturated heterocycles. The molecular weight excluding hydrogens is 440 g/mol. The molecule has 3 aromatic rings. The van der Waals surface area contributed by atoms with Crippen LogP contribution in [-0.4, -0.2) is 40.7 Å². The molecule has 0 radical (unpaired) electrons. The predicted octanol–water partition coefficient (Wildman–Crippen LogP) is 5.95. The number of nitrogens with zero attached hydrogens (tertiary/aromatic N) is 3. The van der Waals surface area contributed by atoms with Crippen molar-refractivity contribution in [3.05, 3.63) is 70.3 Å². The standard InChI is InChI=1S/C28H38N4O3/c1-6-8-17-31(28(34)29-22-15-13-21(14-16-22)20(3)4)25(7-2)26-30-24-12-10-9-11-23(24)27(33)32(26)18-19-35-5/h9-16,20,25H,6-8,17-19H2,1-5H3,(H,29,34). The second-order valence-electron chi connectivity index (χ2n) is 9.11. The molecule has 0 bridgehead atoms. The Morgan fingerprint density at radius 2 is 1.83 bits per heavy atom. The molecule has 2 aromatic carbocycles. The van der Waals surface area contributed by atoms with E-state index >= 15 is 0 Å². The van der Waals surface area contributed by atoms with Crippen molar-refractivity contribution < 1.29 is 9.53 Å². The Hall–Kier alpha value is -3.19. The molecule has 188 valence electrons. The molecule has 7 nitrogen and oxygen atoms in total. The van der Waals surface area contributed by atoms with Gasteiger partial charge in [0.25, 0.3) is 5.56 Å². The van der Waals surface area contributed by atoms with E-state index in [2.05, 4.69) is 26.1 Å². The molecule has 3 rings (SSSR count). The highest BCUT2D eigenvalue weighted by Gasteiger charge is 2.28. The number of unbranched alkanes of at least 4 members (excludes halogenated alkanes) is 1. The van der Waals surface area contributed by atoms with E-state index in [0.717, 1.165) is 18.5 Å². The Morgan fingerprint density at radius 3 is 2.46 bits per heavy atom.